The van der Waals surface area contributed by atoms with Crippen LogP contribution in [-0.4, -0.2) is 39.7 Å². The van der Waals surface area contributed by atoms with Crippen molar-refractivity contribution in [3.63, 3.8) is 0 Å². The minimum atomic E-state index is 0.0353. The second-order valence-electron chi connectivity index (χ2n) is 5.49. The number of aliphatic hydroxyl groups is 1. The molecule has 0 spiro atoms. The van der Waals surface area contributed by atoms with E-state index < -0.39 is 0 Å². The van der Waals surface area contributed by atoms with Crippen molar-refractivity contribution in [1.29, 1.82) is 0 Å². The third-order valence-electron chi connectivity index (χ3n) is 4.09. The summed E-state index contributed by atoms with van der Waals surface area (Å²) in [6, 6.07) is 2.72. The second-order valence-corrected chi connectivity index (χ2v) is 6.40. The van der Waals surface area contributed by atoms with Gasteiger partial charge in [0.05, 0.1) is 6.61 Å². The summed E-state index contributed by atoms with van der Waals surface area (Å²) in [5.74, 6) is 0.0661. The van der Waals surface area contributed by atoms with Crippen LogP contribution in [0.15, 0.2) is 16.7 Å². The van der Waals surface area contributed by atoms with Crippen LogP contribution in [-0.2, 0) is 0 Å². The maximum Gasteiger partial charge on any atom is 0.270 e. The first-order chi connectivity index (χ1) is 9.20. The Labute approximate surface area is 121 Å². The predicted molar refractivity (Wildman–Crippen MR) is 76.2 cm³/mol. The molecular formula is C14H19BrN2O2. The van der Waals surface area contributed by atoms with E-state index in [1.54, 1.807) is 0 Å². The lowest BCUT2D eigenvalue weighted by Gasteiger charge is -2.37. The highest BCUT2D eigenvalue weighted by Crippen LogP contribution is 2.38. The molecule has 2 aliphatic rings. The number of nitrogens with zero attached hydrogens (tertiary/aromatic N) is 2. The Hall–Kier alpha value is -0.810. The first-order valence-corrected chi connectivity index (χ1v) is 7.79. The molecule has 1 aromatic heterocycles. The summed E-state index contributed by atoms with van der Waals surface area (Å²) in [5, 5.41) is 9.19. The Morgan fingerprint density at radius 1 is 1.42 bits per heavy atom. The SMILES string of the molecule is O=C(c1cc(Br)cn1C1CC1)N(CCO)C1CCC1. The van der Waals surface area contributed by atoms with Crippen LogP contribution in [0, 0.1) is 0 Å². The molecule has 1 aromatic rings. The van der Waals surface area contributed by atoms with Crippen LogP contribution in [0.2, 0.25) is 0 Å². The maximum atomic E-state index is 12.7. The Balaban J connectivity index is 1.84. The lowest BCUT2D eigenvalue weighted by Crippen LogP contribution is -2.46. The van der Waals surface area contributed by atoms with E-state index in [-0.39, 0.29) is 12.5 Å². The number of hydrogen-bond donors (Lipinski definition) is 1. The molecule has 4 nitrogen and oxygen atoms in total. The van der Waals surface area contributed by atoms with Crippen LogP contribution >= 0.6 is 15.9 Å². The Morgan fingerprint density at radius 3 is 2.68 bits per heavy atom. The molecule has 3 rings (SSSR count). The molecule has 1 heterocycles. The Bertz CT molecular complexity index is 478. The third-order valence-corrected chi connectivity index (χ3v) is 4.53. The normalized spacial score (nSPS) is 19.3. The topological polar surface area (TPSA) is 45.5 Å². The average Bonchev–Trinajstić information content (AvgIpc) is 3.09. The summed E-state index contributed by atoms with van der Waals surface area (Å²) >= 11 is 3.46. The lowest BCUT2D eigenvalue weighted by molar-refractivity contribution is 0.0515. The highest BCUT2D eigenvalue weighted by molar-refractivity contribution is 9.10. The molecule has 19 heavy (non-hydrogen) atoms. The van der Waals surface area contributed by atoms with Crippen LogP contribution in [0.25, 0.3) is 0 Å². The number of aliphatic hydroxyl groups excluding tert-OH is 1. The number of halogens is 1. The first kappa shape index (κ1) is 13.2. The standard InChI is InChI=1S/C14H19BrN2O2/c15-10-8-13(17(9-10)12-4-5-12)14(19)16(6-7-18)11-2-1-3-11/h8-9,11-12,18H,1-7H2. The van der Waals surface area contributed by atoms with Crippen molar-refractivity contribution in [3.05, 3.63) is 22.4 Å². The van der Waals surface area contributed by atoms with Gasteiger partial charge in [0.1, 0.15) is 5.69 Å². The number of hydrogen-bond acceptors (Lipinski definition) is 2. The first-order valence-electron chi connectivity index (χ1n) is 7.00. The molecule has 0 radical (unpaired) electrons. The summed E-state index contributed by atoms with van der Waals surface area (Å²) in [4.78, 5) is 14.6. The number of amides is 1. The molecule has 5 heteroatoms. The van der Waals surface area contributed by atoms with Crippen molar-refractivity contribution < 1.29 is 9.90 Å². The molecule has 0 aliphatic heterocycles. The van der Waals surface area contributed by atoms with Crippen molar-refractivity contribution >= 4 is 21.8 Å². The van der Waals surface area contributed by atoms with Crippen LogP contribution in [0.4, 0.5) is 0 Å². The maximum absolute atomic E-state index is 12.7. The Morgan fingerprint density at radius 2 is 2.16 bits per heavy atom. The van der Waals surface area contributed by atoms with Crippen molar-refractivity contribution in [2.75, 3.05) is 13.2 Å². The number of aromatic nitrogens is 1. The van der Waals surface area contributed by atoms with Gasteiger partial charge in [0.2, 0.25) is 0 Å². The van der Waals surface area contributed by atoms with E-state index in [0.29, 0.717) is 18.6 Å². The highest BCUT2D eigenvalue weighted by Gasteiger charge is 2.33. The van der Waals surface area contributed by atoms with Crippen LogP contribution < -0.4 is 0 Å². The van der Waals surface area contributed by atoms with Gasteiger partial charge in [-0.25, -0.2) is 0 Å². The van der Waals surface area contributed by atoms with E-state index in [0.717, 1.165) is 35.8 Å². The highest BCUT2D eigenvalue weighted by atomic mass is 79.9. The quantitative estimate of drug-likeness (QED) is 0.903. The average molecular weight is 327 g/mol. The number of rotatable bonds is 5. The van der Waals surface area contributed by atoms with Gasteiger partial charge in [0, 0.05) is 29.3 Å². The van der Waals surface area contributed by atoms with Gasteiger partial charge in [-0.3, -0.25) is 4.79 Å². The summed E-state index contributed by atoms with van der Waals surface area (Å²) < 4.78 is 3.05. The summed E-state index contributed by atoms with van der Waals surface area (Å²) in [5.41, 5.74) is 0.759. The third kappa shape index (κ3) is 2.58. The van der Waals surface area contributed by atoms with Gasteiger partial charge >= 0.3 is 0 Å². The number of carbonyl (C=O) groups excluding carboxylic acids is 1. The molecule has 2 aliphatic carbocycles. The molecule has 0 atom stereocenters. The van der Waals surface area contributed by atoms with E-state index in [1.807, 2.05) is 17.2 Å². The summed E-state index contributed by atoms with van der Waals surface area (Å²) in [6.45, 7) is 0.477. The fraction of sp³-hybridized carbons (Fsp3) is 0.643. The fourth-order valence-electron chi connectivity index (χ4n) is 2.67. The molecule has 2 fully saturated rings. The van der Waals surface area contributed by atoms with E-state index >= 15 is 0 Å². The van der Waals surface area contributed by atoms with Crippen molar-refractivity contribution in [3.8, 4) is 0 Å². The molecule has 1 N–H and O–H groups in total. The van der Waals surface area contributed by atoms with E-state index in [9.17, 15) is 9.90 Å². The van der Waals surface area contributed by atoms with Crippen LogP contribution in [0.5, 0.6) is 0 Å². The van der Waals surface area contributed by atoms with Gasteiger partial charge in [-0.1, -0.05) is 0 Å². The van der Waals surface area contributed by atoms with Crippen molar-refractivity contribution in [2.45, 2.75) is 44.2 Å². The molecule has 0 bridgehead atoms. The summed E-state index contributed by atoms with van der Waals surface area (Å²) in [6.07, 6.45) is 7.64. The lowest BCUT2D eigenvalue weighted by atomic mass is 9.91. The molecule has 104 valence electrons. The van der Waals surface area contributed by atoms with Gasteiger partial charge in [-0.2, -0.15) is 0 Å². The molecule has 1 amide bonds. The van der Waals surface area contributed by atoms with Gasteiger partial charge in [-0.05, 0) is 54.1 Å². The number of carbonyl (C=O) groups is 1. The minimum Gasteiger partial charge on any atom is -0.395 e. The molecule has 0 aromatic carbocycles. The molecule has 0 saturated heterocycles. The monoisotopic (exact) mass is 326 g/mol. The van der Waals surface area contributed by atoms with Gasteiger partial charge in [0.25, 0.3) is 5.91 Å². The zero-order valence-electron chi connectivity index (χ0n) is 10.9. The van der Waals surface area contributed by atoms with E-state index in [2.05, 4.69) is 20.5 Å². The predicted octanol–water partition coefficient (Wildman–Crippen LogP) is 2.57. The second kappa shape index (κ2) is 5.29. The zero-order valence-corrected chi connectivity index (χ0v) is 12.5. The van der Waals surface area contributed by atoms with E-state index in [1.165, 1.54) is 6.42 Å². The minimum absolute atomic E-state index is 0.0353. The molecule has 2 saturated carbocycles. The van der Waals surface area contributed by atoms with Gasteiger partial charge < -0.3 is 14.6 Å². The summed E-state index contributed by atoms with van der Waals surface area (Å²) in [7, 11) is 0. The van der Waals surface area contributed by atoms with Crippen molar-refractivity contribution in [1.82, 2.24) is 9.47 Å². The molecule has 0 unspecified atom stereocenters. The van der Waals surface area contributed by atoms with Gasteiger partial charge in [0.15, 0.2) is 0 Å². The smallest absolute Gasteiger partial charge is 0.270 e. The largest absolute Gasteiger partial charge is 0.395 e. The zero-order chi connectivity index (χ0) is 13.4. The Kier molecular flexibility index (Phi) is 3.67. The van der Waals surface area contributed by atoms with Crippen LogP contribution in [0.3, 0.4) is 0 Å². The van der Waals surface area contributed by atoms with Gasteiger partial charge in [-0.15, -0.1) is 0 Å². The molecular weight excluding hydrogens is 308 g/mol. The fourth-order valence-corrected chi connectivity index (χ4v) is 3.11. The van der Waals surface area contributed by atoms with Crippen LogP contribution in [0.1, 0.15) is 48.6 Å². The van der Waals surface area contributed by atoms with E-state index in [4.69, 9.17) is 0 Å². The van der Waals surface area contributed by atoms with Crippen molar-refractivity contribution in [2.24, 2.45) is 0 Å².